The molecule has 3 amide bonds. The Morgan fingerprint density at radius 3 is 2.23 bits per heavy atom. The molecule has 0 saturated carbocycles. The predicted molar refractivity (Wildman–Crippen MR) is 118 cm³/mol. The van der Waals surface area contributed by atoms with Gasteiger partial charge in [-0.25, -0.2) is 0 Å². The molecule has 1 aromatic heterocycles. The average molecular weight is 423 g/mol. The second kappa shape index (κ2) is 10.7. The minimum Gasteiger partial charge on any atom is -0.340 e. The molecule has 2 atom stereocenters. The number of nitrogens with one attached hydrogen (secondary N) is 1. The first-order chi connectivity index (χ1) is 15.0. The van der Waals surface area contributed by atoms with Crippen LogP contribution in [0.25, 0.3) is 0 Å². The number of amides is 3. The molecule has 2 aromatic rings. The van der Waals surface area contributed by atoms with Gasteiger partial charge in [0.25, 0.3) is 5.91 Å². The predicted octanol–water partition coefficient (Wildman–Crippen LogP) is 2.14. The van der Waals surface area contributed by atoms with Gasteiger partial charge in [0, 0.05) is 43.6 Å². The van der Waals surface area contributed by atoms with Crippen molar-refractivity contribution in [1.82, 2.24) is 20.1 Å². The van der Waals surface area contributed by atoms with Crippen molar-refractivity contribution in [3.05, 3.63) is 66.0 Å². The first-order valence-electron chi connectivity index (χ1n) is 10.8. The quantitative estimate of drug-likeness (QED) is 0.741. The Hall–Kier alpha value is -3.22. The zero-order valence-corrected chi connectivity index (χ0v) is 18.2. The lowest BCUT2D eigenvalue weighted by Crippen LogP contribution is -2.57. The Kier molecular flexibility index (Phi) is 7.76. The molecule has 0 bridgehead atoms. The summed E-state index contributed by atoms with van der Waals surface area (Å²) in [5.74, 6) is -0.315. The van der Waals surface area contributed by atoms with Gasteiger partial charge in [0.05, 0.1) is 6.42 Å². The third-order valence-corrected chi connectivity index (χ3v) is 5.80. The van der Waals surface area contributed by atoms with Crippen molar-refractivity contribution in [2.75, 3.05) is 26.2 Å². The molecule has 2 heterocycles. The van der Waals surface area contributed by atoms with Crippen molar-refractivity contribution in [3.8, 4) is 0 Å². The number of carbonyl (C=O) groups is 3. The fourth-order valence-electron chi connectivity index (χ4n) is 3.64. The number of pyridine rings is 1. The monoisotopic (exact) mass is 422 g/mol. The van der Waals surface area contributed by atoms with E-state index in [1.165, 1.54) is 0 Å². The summed E-state index contributed by atoms with van der Waals surface area (Å²) in [6.45, 7) is 5.87. The summed E-state index contributed by atoms with van der Waals surface area (Å²) in [7, 11) is 0. The third kappa shape index (κ3) is 5.90. The average Bonchev–Trinajstić information content (AvgIpc) is 2.82. The number of hydrogen-bond donors (Lipinski definition) is 1. The van der Waals surface area contributed by atoms with E-state index in [1.54, 1.807) is 40.3 Å². The fourth-order valence-corrected chi connectivity index (χ4v) is 3.64. The van der Waals surface area contributed by atoms with Gasteiger partial charge < -0.3 is 15.1 Å². The summed E-state index contributed by atoms with van der Waals surface area (Å²) in [6.07, 6.45) is 2.71. The molecule has 7 heteroatoms. The molecule has 1 fully saturated rings. The number of carbonyl (C=O) groups excluding carboxylic acids is 3. The smallest absolute Gasteiger partial charge is 0.251 e. The van der Waals surface area contributed by atoms with Gasteiger partial charge in [0.15, 0.2) is 0 Å². The van der Waals surface area contributed by atoms with Gasteiger partial charge in [0.1, 0.15) is 6.04 Å². The number of rotatable bonds is 7. The maximum atomic E-state index is 13.2. The van der Waals surface area contributed by atoms with E-state index in [1.807, 2.05) is 38.1 Å². The SMILES string of the molecule is CCC(C)C(NC(=O)c1ccccc1)C(=O)N1CCN(C(=O)Cc2ccccn2)CC1. The van der Waals surface area contributed by atoms with Gasteiger partial charge in [-0.15, -0.1) is 0 Å². The number of piperazine rings is 1. The molecule has 1 saturated heterocycles. The molecular weight excluding hydrogens is 392 g/mol. The molecule has 164 valence electrons. The van der Waals surface area contributed by atoms with Crippen LogP contribution in [0.3, 0.4) is 0 Å². The summed E-state index contributed by atoms with van der Waals surface area (Å²) >= 11 is 0. The van der Waals surface area contributed by atoms with E-state index in [2.05, 4.69) is 10.3 Å². The van der Waals surface area contributed by atoms with E-state index < -0.39 is 6.04 Å². The molecule has 1 aliphatic rings. The van der Waals surface area contributed by atoms with Crippen LogP contribution >= 0.6 is 0 Å². The highest BCUT2D eigenvalue weighted by atomic mass is 16.2. The standard InChI is InChI=1S/C24H30N4O3/c1-3-18(2)22(26-23(30)19-9-5-4-6-10-19)24(31)28-15-13-27(14-16-28)21(29)17-20-11-7-8-12-25-20/h4-12,18,22H,3,13-17H2,1-2H3,(H,26,30). The maximum Gasteiger partial charge on any atom is 0.251 e. The molecule has 0 radical (unpaired) electrons. The number of hydrogen-bond acceptors (Lipinski definition) is 4. The lowest BCUT2D eigenvalue weighted by atomic mass is 9.97. The van der Waals surface area contributed by atoms with Gasteiger partial charge in [-0.2, -0.15) is 0 Å². The van der Waals surface area contributed by atoms with E-state index >= 15 is 0 Å². The largest absolute Gasteiger partial charge is 0.340 e. The first kappa shape index (κ1) is 22.5. The van der Waals surface area contributed by atoms with E-state index in [0.29, 0.717) is 31.7 Å². The van der Waals surface area contributed by atoms with Crippen molar-refractivity contribution in [3.63, 3.8) is 0 Å². The lowest BCUT2D eigenvalue weighted by Gasteiger charge is -2.37. The maximum absolute atomic E-state index is 13.2. The van der Waals surface area contributed by atoms with Gasteiger partial charge >= 0.3 is 0 Å². The molecule has 3 rings (SSSR count). The van der Waals surface area contributed by atoms with Crippen molar-refractivity contribution >= 4 is 17.7 Å². The number of benzene rings is 1. The number of aromatic nitrogens is 1. The molecule has 1 aliphatic heterocycles. The highest BCUT2D eigenvalue weighted by Crippen LogP contribution is 2.14. The Bertz CT molecular complexity index is 880. The second-order valence-electron chi connectivity index (χ2n) is 7.91. The molecule has 0 aliphatic carbocycles. The van der Waals surface area contributed by atoms with Crippen molar-refractivity contribution in [2.45, 2.75) is 32.7 Å². The molecule has 1 N–H and O–H groups in total. The molecule has 1 aromatic carbocycles. The summed E-state index contributed by atoms with van der Waals surface area (Å²) in [5, 5.41) is 2.93. The van der Waals surface area contributed by atoms with E-state index in [-0.39, 0.29) is 30.1 Å². The summed E-state index contributed by atoms with van der Waals surface area (Å²) in [4.78, 5) is 46.2. The Balaban J connectivity index is 1.58. The zero-order chi connectivity index (χ0) is 22.2. The van der Waals surface area contributed by atoms with E-state index in [4.69, 9.17) is 0 Å². The van der Waals surface area contributed by atoms with Crippen molar-refractivity contribution < 1.29 is 14.4 Å². The van der Waals surface area contributed by atoms with Crippen LogP contribution in [0.2, 0.25) is 0 Å². The molecule has 2 unspecified atom stereocenters. The fraction of sp³-hybridized carbons (Fsp3) is 0.417. The van der Waals surface area contributed by atoms with Crippen LogP contribution in [0.1, 0.15) is 36.3 Å². The molecule has 0 spiro atoms. The van der Waals surface area contributed by atoms with E-state index in [9.17, 15) is 14.4 Å². The minimum absolute atomic E-state index is 0.00368. The lowest BCUT2D eigenvalue weighted by molar-refractivity contribution is -0.141. The molecule has 7 nitrogen and oxygen atoms in total. The van der Waals surface area contributed by atoms with Gasteiger partial charge in [0.2, 0.25) is 11.8 Å². The number of nitrogens with zero attached hydrogens (tertiary/aromatic N) is 3. The van der Waals surface area contributed by atoms with Crippen LogP contribution in [0.15, 0.2) is 54.7 Å². The van der Waals surface area contributed by atoms with Crippen LogP contribution in [0, 0.1) is 5.92 Å². The highest BCUT2D eigenvalue weighted by Gasteiger charge is 2.32. The third-order valence-electron chi connectivity index (χ3n) is 5.80. The second-order valence-corrected chi connectivity index (χ2v) is 7.91. The Labute approximate surface area is 183 Å². The van der Waals surface area contributed by atoms with Gasteiger partial charge in [-0.05, 0) is 30.2 Å². The molecule has 31 heavy (non-hydrogen) atoms. The van der Waals surface area contributed by atoms with Gasteiger partial charge in [-0.3, -0.25) is 19.4 Å². The minimum atomic E-state index is -0.589. The van der Waals surface area contributed by atoms with E-state index in [0.717, 1.165) is 12.1 Å². The topological polar surface area (TPSA) is 82.6 Å². The van der Waals surface area contributed by atoms with Crippen molar-refractivity contribution in [1.29, 1.82) is 0 Å². The highest BCUT2D eigenvalue weighted by molar-refractivity contribution is 5.97. The normalized spacial score (nSPS) is 15.8. The van der Waals surface area contributed by atoms with Crippen LogP contribution in [0.5, 0.6) is 0 Å². The van der Waals surface area contributed by atoms with Crippen LogP contribution < -0.4 is 5.32 Å². The van der Waals surface area contributed by atoms with Gasteiger partial charge in [-0.1, -0.05) is 44.5 Å². The van der Waals surface area contributed by atoms with Crippen LogP contribution in [0.4, 0.5) is 0 Å². The zero-order valence-electron chi connectivity index (χ0n) is 18.2. The van der Waals surface area contributed by atoms with Crippen molar-refractivity contribution in [2.24, 2.45) is 5.92 Å². The van der Waals surface area contributed by atoms with Crippen LogP contribution in [-0.4, -0.2) is 64.7 Å². The Morgan fingerprint density at radius 2 is 1.61 bits per heavy atom. The summed E-state index contributed by atoms with van der Waals surface area (Å²) < 4.78 is 0. The van der Waals surface area contributed by atoms with Crippen LogP contribution in [-0.2, 0) is 16.0 Å². The first-order valence-corrected chi connectivity index (χ1v) is 10.8. The molecular formula is C24H30N4O3. The summed E-state index contributed by atoms with van der Waals surface area (Å²) in [5.41, 5.74) is 1.28. The summed E-state index contributed by atoms with van der Waals surface area (Å²) in [6, 6.07) is 13.9. The Morgan fingerprint density at radius 1 is 0.968 bits per heavy atom.